The Morgan fingerprint density at radius 1 is 0.915 bits per heavy atom. The van der Waals surface area contributed by atoms with E-state index in [1.165, 1.54) is 55.6 Å². The maximum atomic E-state index is 14.4. The highest BCUT2D eigenvalue weighted by Crippen LogP contribution is 2.66. The molecule has 2 N–H and O–H groups in total. The van der Waals surface area contributed by atoms with Crippen LogP contribution in [0.4, 0.5) is 15.8 Å². The van der Waals surface area contributed by atoms with Gasteiger partial charge in [0.05, 0.1) is 35.9 Å². The summed E-state index contributed by atoms with van der Waals surface area (Å²) in [4.78, 5) is 65.7. The van der Waals surface area contributed by atoms with Gasteiger partial charge in [0.25, 0.3) is 11.8 Å². The van der Waals surface area contributed by atoms with Crippen LogP contribution in [0, 0.1) is 23.6 Å². The molecule has 4 amide bonds. The molecular formula is C34H25Cl2FN2O8. The number of amides is 4. The lowest BCUT2D eigenvalue weighted by molar-refractivity contribution is -0.125. The Labute approximate surface area is 276 Å². The van der Waals surface area contributed by atoms with E-state index in [0.717, 1.165) is 21.9 Å². The summed E-state index contributed by atoms with van der Waals surface area (Å²) < 4.78 is 19.1. The Hall–Kier alpha value is -4.74. The zero-order valence-electron chi connectivity index (χ0n) is 24.5. The lowest BCUT2D eigenvalue weighted by atomic mass is 9.56. The summed E-state index contributed by atoms with van der Waals surface area (Å²) in [5, 5.41) is 20.8. The number of hydrogen-bond donors (Lipinski definition) is 2. The number of halogens is 3. The van der Waals surface area contributed by atoms with Gasteiger partial charge in [-0.2, -0.15) is 0 Å². The minimum Gasteiger partial charge on any atom is -0.508 e. The summed E-state index contributed by atoms with van der Waals surface area (Å²) in [6.07, 6.45) is 1.46. The summed E-state index contributed by atoms with van der Waals surface area (Å²) >= 11 is 14.6. The lowest BCUT2D eigenvalue weighted by Gasteiger charge is -2.50. The van der Waals surface area contributed by atoms with E-state index in [2.05, 4.69) is 0 Å². The molecule has 0 aromatic heterocycles. The van der Waals surface area contributed by atoms with E-state index in [0.29, 0.717) is 11.3 Å². The third kappa shape index (κ3) is 4.19. The fourth-order valence-electron chi connectivity index (χ4n) is 7.67. The number of carboxylic acids is 1. The highest BCUT2D eigenvalue weighted by molar-refractivity contribution is 6.58. The van der Waals surface area contributed by atoms with Gasteiger partial charge in [-0.1, -0.05) is 23.8 Å². The van der Waals surface area contributed by atoms with E-state index >= 15 is 0 Å². The first-order valence-electron chi connectivity index (χ1n) is 14.6. The van der Waals surface area contributed by atoms with Crippen molar-refractivity contribution >= 4 is 64.2 Å². The van der Waals surface area contributed by atoms with E-state index in [9.17, 15) is 38.6 Å². The van der Waals surface area contributed by atoms with E-state index in [4.69, 9.17) is 27.9 Å². The van der Waals surface area contributed by atoms with Crippen molar-refractivity contribution in [3.63, 3.8) is 0 Å². The number of phenols is 1. The largest absolute Gasteiger partial charge is 0.508 e. The monoisotopic (exact) mass is 678 g/mol. The summed E-state index contributed by atoms with van der Waals surface area (Å²) in [5.74, 6) is -8.86. The van der Waals surface area contributed by atoms with Crippen LogP contribution in [-0.4, -0.2) is 56.7 Å². The SMILES string of the molecule is COc1ccc(C2C3=CCC4C(=O)N(c5cccc(C(=O)O)c5)C(=O)C4C3CC3(Cl)C(=O)N(c4ccc(F)cc4)C(=O)C23Cl)c(O)c1. The molecule has 7 rings (SSSR count). The van der Waals surface area contributed by atoms with Crippen molar-refractivity contribution in [1.29, 1.82) is 0 Å². The predicted molar refractivity (Wildman–Crippen MR) is 167 cm³/mol. The molecule has 0 radical (unpaired) electrons. The number of rotatable bonds is 5. The highest BCUT2D eigenvalue weighted by atomic mass is 35.5. The number of alkyl halides is 2. The van der Waals surface area contributed by atoms with E-state index < -0.39 is 68.8 Å². The number of anilines is 2. The number of ether oxygens (including phenoxy) is 1. The third-order valence-corrected chi connectivity index (χ3v) is 11.2. The number of imide groups is 2. The molecule has 0 spiro atoms. The van der Waals surface area contributed by atoms with Gasteiger partial charge in [-0.15, -0.1) is 23.2 Å². The van der Waals surface area contributed by atoms with Crippen LogP contribution in [-0.2, 0) is 19.2 Å². The first kappa shape index (κ1) is 30.9. The second-order valence-corrected chi connectivity index (χ2v) is 13.3. The molecule has 3 fully saturated rings. The fourth-order valence-corrected chi connectivity index (χ4v) is 8.60. The van der Waals surface area contributed by atoms with Gasteiger partial charge in [0, 0.05) is 17.5 Å². The molecule has 3 aromatic rings. The van der Waals surface area contributed by atoms with Crippen LogP contribution in [0.2, 0.25) is 0 Å². The Balaban J connectivity index is 1.39. The van der Waals surface area contributed by atoms with Gasteiger partial charge in [-0.05, 0) is 67.3 Å². The van der Waals surface area contributed by atoms with Crippen LogP contribution in [0.1, 0.15) is 34.7 Å². The zero-order chi connectivity index (χ0) is 33.6. The summed E-state index contributed by atoms with van der Waals surface area (Å²) in [5.41, 5.74) is 0.581. The van der Waals surface area contributed by atoms with Gasteiger partial charge in [0.1, 0.15) is 17.3 Å². The molecule has 47 heavy (non-hydrogen) atoms. The zero-order valence-corrected chi connectivity index (χ0v) is 26.0. The smallest absolute Gasteiger partial charge is 0.335 e. The second kappa shape index (κ2) is 10.6. The van der Waals surface area contributed by atoms with E-state index in [1.54, 1.807) is 12.1 Å². The third-order valence-electron chi connectivity index (χ3n) is 9.80. The molecular weight excluding hydrogens is 654 g/mol. The number of hydrogen-bond acceptors (Lipinski definition) is 7. The molecule has 0 bridgehead atoms. The first-order valence-corrected chi connectivity index (χ1v) is 15.4. The Morgan fingerprint density at radius 3 is 2.30 bits per heavy atom. The Bertz CT molecular complexity index is 1950. The Kier molecular flexibility index (Phi) is 7.00. The normalized spacial score (nSPS) is 29.7. The molecule has 2 aliphatic carbocycles. The summed E-state index contributed by atoms with van der Waals surface area (Å²) in [6.45, 7) is 0. The van der Waals surface area contributed by atoms with Crippen LogP contribution >= 0.6 is 23.2 Å². The van der Waals surface area contributed by atoms with E-state index in [-0.39, 0.29) is 41.1 Å². The van der Waals surface area contributed by atoms with Gasteiger partial charge >= 0.3 is 5.97 Å². The first-order chi connectivity index (χ1) is 22.3. The number of nitrogens with zero attached hydrogens (tertiary/aromatic N) is 2. The van der Waals surface area contributed by atoms with Crippen molar-refractivity contribution in [3.8, 4) is 11.5 Å². The molecule has 6 unspecified atom stereocenters. The summed E-state index contributed by atoms with van der Waals surface area (Å²) in [6, 6.07) is 14.5. The summed E-state index contributed by atoms with van der Waals surface area (Å²) in [7, 11) is 1.40. The number of methoxy groups -OCH3 is 1. The number of benzene rings is 3. The highest BCUT2D eigenvalue weighted by Gasteiger charge is 2.77. The van der Waals surface area contributed by atoms with Crippen molar-refractivity contribution in [1.82, 2.24) is 0 Å². The van der Waals surface area contributed by atoms with Crippen molar-refractivity contribution in [2.75, 3.05) is 16.9 Å². The molecule has 1 saturated carbocycles. The van der Waals surface area contributed by atoms with E-state index in [1.807, 2.05) is 0 Å². The molecule has 2 heterocycles. The minimum atomic E-state index is -2.22. The number of aromatic carboxylic acids is 1. The van der Waals surface area contributed by atoms with Crippen molar-refractivity contribution in [2.24, 2.45) is 17.8 Å². The number of carbonyl (C=O) groups is 5. The molecule has 10 nitrogen and oxygen atoms in total. The maximum absolute atomic E-state index is 14.4. The molecule has 13 heteroatoms. The quantitative estimate of drug-likeness (QED) is 0.218. The standard InChI is InChI=1S/C34H25Cl2FN2O8/c1-47-20-9-10-22(25(40)14-20)27-21-11-12-23-26(29(42)38(28(23)41)19-4-2-3-16(13-19)30(43)44)24(21)15-33(35)31(45)39(32(46)34(27,33)36)18-7-5-17(37)6-8-18/h2-11,13-14,23-24,26-27,40H,12,15H2,1H3,(H,43,44). The lowest BCUT2D eigenvalue weighted by Crippen LogP contribution is -2.60. The Morgan fingerprint density at radius 2 is 1.64 bits per heavy atom. The molecule has 2 saturated heterocycles. The minimum absolute atomic E-state index is 0.0278. The topological polar surface area (TPSA) is 142 Å². The molecule has 3 aromatic carbocycles. The van der Waals surface area contributed by atoms with Crippen LogP contribution in [0.25, 0.3) is 0 Å². The number of carboxylic acid groups (broad SMARTS) is 1. The van der Waals surface area contributed by atoms with Gasteiger partial charge in [-0.25, -0.2) is 14.1 Å². The van der Waals surface area contributed by atoms with Crippen molar-refractivity contribution < 1.29 is 43.3 Å². The molecule has 6 atom stereocenters. The molecule has 4 aliphatic rings. The number of allylic oxidation sites excluding steroid dienone is 2. The van der Waals surface area contributed by atoms with Crippen LogP contribution in [0.3, 0.4) is 0 Å². The number of aromatic hydroxyl groups is 1. The number of fused-ring (bicyclic) bond motifs is 4. The van der Waals surface area contributed by atoms with Crippen molar-refractivity contribution in [2.45, 2.75) is 28.5 Å². The fraction of sp³-hybridized carbons (Fsp3) is 0.265. The molecule has 2 aliphatic heterocycles. The van der Waals surface area contributed by atoms with Crippen LogP contribution in [0.15, 0.2) is 78.4 Å². The second-order valence-electron chi connectivity index (χ2n) is 12.0. The number of carbonyl (C=O) groups excluding carboxylic acids is 4. The predicted octanol–water partition coefficient (Wildman–Crippen LogP) is 5.01. The molecule has 240 valence electrons. The average molecular weight is 679 g/mol. The van der Waals surface area contributed by atoms with Crippen LogP contribution in [0.5, 0.6) is 11.5 Å². The van der Waals surface area contributed by atoms with Gasteiger partial charge in [0.15, 0.2) is 9.75 Å². The van der Waals surface area contributed by atoms with Gasteiger partial charge < -0.3 is 14.9 Å². The average Bonchev–Trinajstić information content (AvgIpc) is 3.39. The van der Waals surface area contributed by atoms with Gasteiger partial charge in [0.2, 0.25) is 11.8 Å². The van der Waals surface area contributed by atoms with Crippen molar-refractivity contribution in [3.05, 3.63) is 95.3 Å². The van der Waals surface area contributed by atoms with Crippen LogP contribution < -0.4 is 14.5 Å². The number of phenolic OH excluding ortho intramolecular Hbond substituents is 1. The van der Waals surface area contributed by atoms with Gasteiger partial charge in [-0.3, -0.25) is 24.1 Å². The maximum Gasteiger partial charge on any atom is 0.335 e.